The third-order valence-electron chi connectivity index (χ3n) is 3.12. The highest BCUT2D eigenvalue weighted by atomic mass is 19.1. The summed E-state index contributed by atoms with van der Waals surface area (Å²) in [5, 5.41) is 12.0. The third kappa shape index (κ3) is 3.38. The number of methoxy groups -OCH3 is 1. The van der Waals surface area contributed by atoms with Crippen molar-refractivity contribution in [2.24, 2.45) is 0 Å². The van der Waals surface area contributed by atoms with Gasteiger partial charge >= 0.3 is 0 Å². The Kier molecular flexibility index (Phi) is 4.90. The molecule has 0 aliphatic heterocycles. The number of ether oxygens (including phenoxy) is 1. The first-order chi connectivity index (χ1) is 10.2. The Balaban J connectivity index is 2.21. The van der Waals surface area contributed by atoms with E-state index in [1.165, 1.54) is 25.3 Å². The molecule has 0 aliphatic rings. The maximum atomic E-state index is 14.0. The lowest BCUT2D eigenvalue weighted by molar-refractivity contribution is 0.0911. The summed E-state index contributed by atoms with van der Waals surface area (Å²) in [5.41, 5.74) is 0.625. The normalized spacial score (nSPS) is 11.8. The van der Waals surface area contributed by atoms with E-state index >= 15 is 0 Å². The molecule has 0 aromatic heterocycles. The SMILES string of the molecule is COc1cccc(C(=O)NC(CO)c2ccccc2)c1F. The summed E-state index contributed by atoms with van der Waals surface area (Å²) in [4.78, 5) is 12.2. The van der Waals surface area contributed by atoms with Gasteiger partial charge in [0.2, 0.25) is 0 Å². The van der Waals surface area contributed by atoms with E-state index in [2.05, 4.69) is 5.32 Å². The van der Waals surface area contributed by atoms with Crippen molar-refractivity contribution >= 4 is 5.91 Å². The minimum absolute atomic E-state index is 0.00269. The monoisotopic (exact) mass is 289 g/mol. The lowest BCUT2D eigenvalue weighted by Crippen LogP contribution is -2.31. The molecule has 0 saturated carbocycles. The van der Waals surface area contributed by atoms with E-state index in [9.17, 15) is 14.3 Å². The van der Waals surface area contributed by atoms with Crippen molar-refractivity contribution < 1.29 is 19.0 Å². The quantitative estimate of drug-likeness (QED) is 0.888. The molecule has 0 radical (unpaired) electrons. The molecule has 0 fully saturated rings. The Bertz CT molecular complexity index is 616. The lowest BCUT2D eigenvalue weighted by Gasteiger charge is -2.17. The van der Waals surface area contributed by atoms with Gasteiger partial charge in [-0.2, -0.15) is 0 Å². The standard InChI is InChI=1S/C16H16FNO3/c1-21-14-9-5-8-12(15(14)17)16(20)18-13(10-19)11-6-3-2-4-7-11/h2-9,13,19H,10H2,1H3,(H,18,20). The third-order valence-corrected chi connectivity index (χ3v) is 3.12. The number of benzene rings is 2. The van der Waals surface area contributed by atoms with Gasteiger partial charge in [-0.25, -0.2) is 4.39 Å². The van der Waals surface area contributed by atoms with Crippen LogP contribution in [0.5, 0.6) is 5.75 Å². The van der Waals surface area contributed by atoms with Crippen molar-refractivity contribution in [3.05, 3.63) is 65.5 Å². The van der Waals surface area contributed by atoms with Crippen LogP contribution >= 0.6 is 0 Å². The van der Waals surface area contributed by atoms with Gasteiger partial charge in [0, 0.05) is 0 Å². The molecule has 1 atom stereocenters. The molecule has 4 nitrogen and oxygen atoms in total. The van der Waals surface area contributed by atoms with Gasteiger partial charge in [0.25, 0.3) is 5.91 Å². The zero-order chi connectivity index (χ0) is 15.2. The zero-order valence-corrected chi connectivity index (χ0v) is 11.5. The van der Waals surface area contributed by atoms with Crippen LogP contribution in [0, 0.1) is 5.82 Å². The molecule has 2 rings (SSSR count). The first-order valence-corrected chi connectivity index (χ1v) is 6.46. The summed E-state index contributed by atoms with van der Waals surface area (Å²) < 4.78 is 18.9. The molecule has 2 aromatic rings. The number of amides is 1. The van der Waals surface area contributed by atoms with Crippen molar-refractivity contribution in [1.29, 1.82) is 0 Å². The molecule has 2 N–H and O–H groups in total. The van der Waals surface area contributed by atoms with Crippen LogP contribution in [0.1, 0.15) is 22.0 Å². The molecular formula is C16H16FNO3. The molecule has 21 heavy (non-hydrogen) atoms. The van der Waals surface area contributed by atoms with Gasteiger partial charge < -0.3 is 15.2 Å². The molecule has 110 valence electrons. The molecule has 1 unspecified atom stereocenters. The van der Waals surface area contributed by atoms with Crippen LogP contribution in [0.25, 0.3) is 0 Å². The fraction of sp³-hybridized carbons (Fsp3) is 0.188. The fourth-order valence-corrected chi connectivity index (χ4v) is 2.00. The fourth-order valence-electron chi connectivity index (χ4n) is 2.00. The minimum atomic E-state index is -0.720. The van der Waals surface area contributed by atoms with Gasteiger partial charge in [0.1, 0.15) is 0 Å². The number of nitrogens with one attached hydrogen (secondary N) is 1. The first kappa shape index (κ1) is 15.0. The predicted molar refractivity (Wildman–Crippen MR) is 76.7 cm³/mol. The Morgan fingerprint density at radius 2 is 1.95 bits per heavy atom. The number of aliphatic hydroxyl groups is 1. The summed E-state index contributed by atoms with van der Waals surface area (Å²) in [6, 6.07) is 12.7. The van der Waals surface area contributed by atoms with Crippen molar-refractivity contribution in [3.8, 4) is 5.75 Å². The van der Waals surface area contributed by atoms with E-state index in [0.29, 0.717) is 0 Å². The molecule has 1 amide bonds. The molecule has 5 heteroatoms. The van der Waals surface area contributed by atoms with Crippen LogP contribution in [0.3, 0.4) is 0 Å². The number of carbonyl (C=O) groups is 1. The smallest absolute Gasteiger partial charge is 0.254 e. The summed E-state index contributed by atoms with van der Waals surface area (Å²) >= 11 is 0. The molecule has 0 bridgehead atoms. The number of hydrogen-bond donors (Lipinski definition) is 2. The average Bonchev–Trinajstić information content (AvgIpc) is 2.53. The van der Waals surface area contributed by atoms with Crippen LogP contribution in [-0.4, -0.2) is 24.7 Å². The lowest BCUT2D eigenvalue weighted by atomic mass is 10.1. The topological polar surface area (TPSA) is 58.6 Å². The van der Waals surface area contributed by atoms with E-state index < -0.39 is 17.8 Å². The second-order valence-electron chi connectivity index (χ2n) is 4.44. The Labute approximate surface area is 122 Å². The highest BCUT2D eigenvalue weighted by molar-refractivity contribution is 5.95. The van der Waals surface area contributed by atoms with E-state index in [4.69, 9.17) is 4.74 Å². The molecule has 0 heterocycles. The van der Waals surface area contributed by atoms with Crippen LogP contribution in [0.15, 0.2) is 48.5 Å². The number of carbonyl (C=O) groups excluding carboxylic acids is 1. The van der Waals surface area contributed by atoms with Crippen LogP contribution in [0.2, 0.25) is 0 Å². The Morgan fingerprint density at radius 3 is 2.57 bits per heavy atom. The maximum absolute atomic E-state index is 14.0. The Morgan fingerprint density at radius 1 is 1.24 bits per heavy atom. The number of hydrogen-bond acceptors (Lipinski definition) is 3. The Hall–Kier alpha value is -2.40. The number of rotatable bonds is 5. The summed E-state index contributed by atoms with van der Waals surface area (Å²) in [7, 11) is 1.33. The van der Waals surface area contributed by atoms with Crippen LogP contribution in [-0.2, 0) is 0 Å². The first-order valence-electron chi connectivity index (χ1n) is 6.46. The second-order valence-corrected chi connectivity index (χ2v) is 4.44. The molecule has 2 aromatic carbocycles. The van der Waals surface area contributed by atoms with Gasteiger partial charge in [-0.15, -0.1) is 0 Å². The zero-order valence-electron chi connectivity index (χ0n) is 11.5. The van der Waals surface area contributed by atoms with Crippen molar-refractivity contribution in [1.82, 2.24) is 5.32 Å². The molecule has 0 spiro atoms. The minimum Gasteiger partial charge on any atom is -0.494 e. The van der Waals surface area contributed by atoms with Gasteiger partial charge in [0.15, 0.2) is 11.6 Å². The van der Waals surface area contributed by atoms with Crippen LogP contribution in [0.4, 0.5) is 4.39 Å². The molecule has 0 aliphatic carbocycles. The highest BCUT2D eigenvalue weighted by Crippen LogP contribution is 2.21. The van der Waals surface area contributed by atoms with E-state index in [0.717, 1.165) is 5.56 Å². The number of aliphatic hydroxyl groups excluding tert-OH is 1. The average molecular weight is 289 g/mol. The van der Waals surface area contributed by atoms with Gasteiger partial charge in [-0.3, -0.25) is 4.79 Å². The largest absolute Gasteiger partial charge is 0.494 e. The maximum Gasteiger partial charge on any atom is 0.254 e. The summed E-state index contributed by atoms with van der Waals surface area (Å²) in [5.74, 6) is -1.32. The molecule has 0 saturated heterocycles. The van der Waals surface area contributed by atoms with Crippen molar-refractivity contribution in [2.75, 3.05) is 13.7 Å². The van der Waals surface area contributed by atoms with Gasteiger partial charge in [-0.1, -0.05) is 36.4 Å². The predicted octanol–water partition coefficient (Wildman–Crippen LogP) is 2.30. The van der Waals surface area contributed by atoms with Gasteiger partial charge in [-0.05, 0) is 17.7 Å². The number of halogens is 1. The van der Waals surface area contributed by atoms with E-state index in [1.54, 1.807) is 24.3 Å². The van der Waals surface area contributed by atoms with E-state index in [-0.39, 0.29) is 17.9 Å². The van der Waals surface area contributed by atoms with Crippen molar-refractivity contribution in [3.63, 3.8) is 0 Å². The molecular weight excluding hydrogens is 273 g/mol. The van der Waals surface area contributed by atoms with Crippen molar-refractivity contribution in [2.45, 2.75) is 6.04 Å². The highest BCUT2D eigenvalue weighted by Gasteiger charge is 2.19. The summed E-state index contributed by atoms with van der Waals surface area (Å²) in [6.45, 7) is -0.276. The summed E-state index contributed by atoms with van der Waals surface area (Å²) in [6.07, 6.45) is 0. The van der Waals surface area contributed by atoms with E-state index in [1.807, 2.05) is 6.07 Å². The van der Waals surface area contributed by atoms with Gasteiger partial charge in [0.05, 0.1) is 25.3 Å². The second kappa shape index (κ2) is 6.85. The van der Waals surface area contributed by atoms with Crippen LogP contribution < -0.4 is 10.1 Å².